The van der Waals surface area contributed by atoms with E-state index >= 15 is 0 Å². The van der Waals surface area contributed by atoms with Gasteiger partial charge in [0.1, 0.15) is 17.0 Å². The van der Waals surface area contributed by atoms with Crippen molar-refractivity contribution < 1.29 is 4.42 Å². The molecule has 2 heterocycles. The lowest BCUT2D eigenvalue weighted by atomic mass is 9.99. The summed E-state index contributed by atoms with van der Waals surface area (Å²) >= 11 is 0. The molecule has 1 atom stereocenters. The molecule has 2 aromatic heterocycles. The highest BCUT2D eigenvalue weighted by atomic mass is 16.3. The molecule has 5 nitrogen and oxygen atoms in total. The van der Waals surface area contributed by atoms with Crippen LogP contribution in [0.15, 0.2) is 172 Å². The van der Waals surface area contributed by atoms with Gasteiger partial charge in [0.25, 0.3) is 0 Å². The third-order valence-corrected chi connectivity index (χ3v) is 9.09. The second kappa shape index (κ2) is 11.4. The van der Waals surface area contributed by atoms with Crippen molar-refractivity contribution in [3.63, 3.8) is 0 Å². The molecule has 0 aliphatic rings. The SMILES string of the molecule is NC(=NC(N=Cc1ccc(-n2c3ccccc3c3c4oc5ccccc5c4c4ccccc4c32)cc1)c1ccccc1)c1ccccc1. The molecule has 0 amide bonds. The summed E-state index contributed by atoms with van der Waals surface area (Å²) in [4.78, 5) is 9.72. The lowest BCUT2D eigenvalue weighted by Crippen LogP contribution is -2.14. The zero-order valence-electron chi connectivity index (χ0n) is 26.0. The lowest BCUT2D eigenvalue weighted by Gasteiger charge is -2.12. The number of amidine groups is 1. The molecule has 0 fully saturated rings. The Morgan fingerprint density at radius 2 is 1.23 bits per heavy atom. The average molecular weight is 619 g/mol. The molecule has 0 radical (unpaired) electrons. The number of furan rings is 1. The van der Waals surface area contributed by atoms with E-state index in [1.54, 1.807) is 0 Å². The summed E-state index contributed by atoms with van der Waals surface area (Å²) in [5.74, 6) is 0.453. The minimum atomic E-state index is -0.471. The predicted octanol–water partition coefficient (Wildman–Crippen LogP) is 10.4. The number of hydrogen-bond donors (Lipinski definition) is 1. The van der Waals surface area contributed by atoms with Crippen molar-refractivity contribution in [3.8, 4) is 5.69 Å². The highest BCUT2D eigenvalue weighted by Gasteiger charge is 2.22. The number of nitrogens with two attached hydrogens (primary N) is 1. The average Bonchev–Trinajstić information content (AvgIpc) is 3.71. The van der Waals surface area contributed by atoms with Gasteiger partial charge >= 0.3 is 0 Å². The zero-order valence-corrected chi connectivity index (χ0v) is 26.0. The van der Waals surface area contributed by atoms with Crippen LogP contribution < -0.4 is 5.73 Å². The standard InChI is InChI=1S/C43H30N4O/c44-42(29-13-3-1-4-14-29)46-43(30-15-5-2-6-16-30)45-27-28-23-25-31(26-24-28)47-36-21-11-9-19-34(36)39-40(47)33-18-8-7-17-32(33)38-35-20-10-12-22-37(35)48-41(38)39/h1-27,43H,(H2,44,46). The van der Waals surface area contributed by atoms with Crippen LogP contribution in [0.3, 0.4) is 0 Å². The maximum Gasteiger partial charge on any atom is 0.167 e. The number of aromatic nitrogens is 1. The Morgan fingerprint density at radius 3 is 2.00 bits per heavy atom. The Bertz CT molecular complexity index is 2670. The molecule has 9 rings (SSSR count). The summed E-state index contributed by atoms with van der Waals surface area (Å²) in [6.45, 7) is 0. The van der Waals surface area contributed by atoms with Gasteiger partial charge in [0.15, 0.2) is 6.17 Å². The van der Waals surface area contributed by atoms with Gasteiger partial charge in [-0.05, 0) is 40.8 Å². The molecule has 0 saturated heterocycles. The van der Waals surface area contributed by atoms with Gasteiger partial charge in [0.05, 0.1) is 16.4 Å². The molecule has 2 N–H and O–H groups in total. The third kappa shape index (κ3) is 4.56. The topological polar surface area (TPSA) is 68.8 Å². The Hall–Kier alpha value is -6.46. The van der Waals surface area contributed by atoms with Crippen LogP contribution in [0, 0.1) is 0 Å². The molecule has 228 valence electrons. The maximum absolute atomic E-state index is 6.65. The lowest BCUT2D eigenvalue weighted by molar-refractivity contribution is 0.673. The number of rotatable bonds is 6. The fourth-order valence-corrected chi connectivity index (χ4v) is 6.89. The molecule has 5 heteroatoms. The molecule has 48 heavy (non-hydrogen) atoms. The normalized spacial score (nSPS) is 13.0. The summed E-state index contributed by atoms with van der Waals surface area (Å²) in [5.41, 5.74) is 14.4. The van der Waals surface area contributed by atoms with Gasteiger partial charge in [-0.3, -0.25) is 4.99 Å². The van der Waals surface area contributed by atoms with Crippen LogP contribution in [0.2, 0.25) is 0 Å². The minimum Gasteiger partial charge on any atom is -0.455 e. The summed E-state index contributed by atoms with van der Waals surface area (Å²) in [5, 5.41) is 6.95. The number of aliphatic imine (C=N–C) groups is 2. The van der Waals surface area contributed by atoms with Gasteiger partial charge in [-0.1, -0.05) is 133 Å². The van der Waals surface area contributed by atoms with Crippen LogP contribution in [0.5, 0.6) is 0 Å². The summed E-state index contributed by atoms with van der Waals surface area (Å²) in [6.07, 6.45) is 1.41. The number of para-hydroxylation sites is 2. The Morgan fingerprint density at radius 1 is 0.604 bits per heavy atom. The van der Waals surface area contributed by atoms with E-state index in [1.807, 2.05) is 72.9 Å². The minimum absolute atomic E-state index is 0.453. The first kappa shape index (κ1) is 27.8. The van der Waals surface area contributed by atoms with E-state index < -0.39 is 6.17 Å². The first-order chi connectivity index (χ1) is 23.7. The van der Waals surface area contributed by atoms with Crippen molar-refractivity contribution in [1.82, 2.24) is 4.57 Å². The summed E-state index contributed by atoms with van der Waals surface area (Å²) in [7, 11) is 0. The van der Waals surface area contributed by atoms with Crippen molar-refractivity contribution in [2.75, 3.05) is 0 Å². The van der Waals surface area contributed by atoms with Gasteiger partial charge in [-0.25, -0.2) is 4.99 Å². The highest BCUT2D eigenvalue weighted by Crippen LogP contribution is 2.45. The largest absolute Gasteiger partial charge is 0.455 e. The smallest absolute Gasteiger partial charge is 0.167 e. The second-order valence-electron chi connectivity index (χ2n) is 12.0. The van der Waals surface area contributed by atoms with Crippen molar-refractivity contribution in [3.05, 3.63) is 174 Å². The monoisotopic (exact) mass is 618 g/mol. The highest BCUT2D eigenvalue weighted by molar-refractivity contribution is 6.35. The van der Waals surface area contributed by atoms with Gasteiger partial charge < -0.3 is 14.7 Å². The Kier molecular flexibility index (Phi) is 6.61. The Labute approximate surface area is 276 Å². The number of benzene rings is 7. The fraction of sp³-hybridized carbons (Fsp3) is 0.0233. The Balaban J connectivity index is 1.18. The van der Waals surface area contributed by atoms with Crippen molar-refractivity contribution in [2.24, 2.45) is 15.7 Å². The number of hydrogen-bond acceptors (Lipinski definition) is 3. The quantitative estimate of drug-likeness (QED) is 0.149. The number of fused-ring (bicyclic) bond motifs is 10. The molecule has 0 spiro atoms. The van der Waals surface area contributed by atoms with Crippen LogP contribution in [-0.2, 0) is 0 Å². The molecule has 0 bridgehead atoms. The molecule has 0 saturated carbocycles. The first-order valence-electron chi connectivity index (χ1n) is 16.1. The van der Waals surface area contributed by atoms with Gasteiger partial charge in [0, 0.05) is 39.0 Å². The first-order valence-corrected chi connectivity index (χ1v) is 16.1. The summed E-state index contributed by atoms with van der Waals surface area (Å²) < 4.78 is 9.01. The molecule has 9 aromatic rings. The molecule has 0 aliphatic carbocycles. The molecule has 1 unspecified atom stereocenters. The van der Waals surface area contributed by atoms with E-state index in [9.17, 15) is 0 Å². The summed E-state index contributed by atoms with van der Waals surface area (Å²) in [6, 6.07) is 53.9. The van der Waals surface area contributed by atoms with E-state index in [0.717, 1.165) is 66.1 Å². The van der Waals surface area contributed by atoms with Crippen LogP contribution in [0.25, 0.3) is 60.2 Å². The van der Waals surface area contributed by atoms with Crippen LogP contribution in [0.1, 0.15) is 22.9 Å². The molecular weight excluding hydrogens is 589 g/mol. The van der Waals surface area contributed by atoms with Crippen LogP contribution in [-0.4, -0.2) is 16.6 Å². The van der Waals surface area contributed by atoms with E-state index in [2.05, 4.69) is 95.6 Å². The van der Waals surface area contributed by atoms with E-state index in [-0.39, 0.29) is 0 Å². The van der Waals surface area contributed by atoms with Crippen molar-refractivity contribution in [1.29, 1.82) is 0 Å². The van der Waals surface area contributed by atoms with Crippen molar-refractivity contribution in [2.45, 2.75) is 6.17 Å². The van der Waals surface area contributed by atoms with Gasteiger partial charge in [-0.2, -0.15) is 0 Å². The van der Waals surface area contributed by atoms with Crippen LogP contribution in [0.4, 0.5) is 0 Å². The molecule has 7 aromatic carbocycles. The molecular formula is C43H30N4O. The van der Waals surface area contributed by atoms with E-state index in [0.29, 0.717) is 5.84 Å². The van der Waals surface area contributed by atoms with Gasteiger partial charge in [-0.15, -0.1) is 0 Å². The van der Waals surface area contributed by atoms with Gasteiger partial charge in [0.2, 0.25) is 0 Å². The van der Waals surface area contributed by atoms with E-state index in [1.165, 1.54) is 10.8 Å². The van der Waals surface area contributed by atoms with Crippen molar-refractivity contribution >= 4 is 66.6 Å². The van der Waals surface area contributed by atoms with Crippen LogP contribution >= 0.6 is 0 Å². The number of nitrogens with zero attached hydrogens (tertiary/aromatic N) is 3. The third-order valence-electron chi connectivity index (χ3n) is 9.09. The predicted molar refractivity (Wildman–Crippen MR) is 200 cm³/mol. The second-order valence-corrected chi connectivity index (χ2v) is 12.0. The fourth-order valence-electron chi connectivity index (χ4n) is 6.89. The molecule has 0 aliphatic heterocycles. The maximum atomic E-state index is 6.65. The zero-order chi connectivity index (χ0) is 32.0. The van der Waals surface area contributed by atoms with E-state index in [4.69, 9.17) is 20.1 Å².